The number of hydrogen-bond donors (Lipinski definition) is 4. The smallest absolute Gasteiger partial charge is 0.306 e. The van der Waals surface area contributed by atoms with Crippen LogP contribution in [0.15, 0.2) is 0 Å². The van der Waals surface area contributed by atoms with E-state index < -0.39 is 40.0 Å². The van der Waals surface area contributed by atoms with E-state index in [-0.39, 0.29) is 12.3 Å². The van der Waals surface area contributed by atoms with E-state index in [0.717, 1.165) is 0 Å². The topological polar surface area (TPSA) is 133 Å². The Bertz CT molecular complexity index is 446. The maximum atomic E-state index is 11.7. The van der Waals surface area contributed by atoms with Crippen molar-refractivity contribution in [1.29, 1.82) is 0 Å². The monoisotopic (exact) mass is 310 g/mol. The van der Waals surface area contributed by atoms with Crippen molar-refractivity contribution < 1.29 is 28.2 Å². The molecule has 0 saturated carbocycles. The van der Waals surface area contributed by atoms with Gasteiger partial charge in [0.1, 0.15) is 0 Å². The number of aliphatic carboxylic acids is 1. The summed E-state index contributed by atoms with van der Waals surface area (Å²) in [7, 11) is -3.52. The first kappa shape index (κ1) is 18.8. The molecule has 0 saturated heterocycles. The fourth-order valence-electron chi connectivity index (χ4n) is 1.47. The molecule has 0 aromatic carbocycles. The van der Waals surface area contributed by atoms with Crippen molar-refractivity contribution >= 4 is 21.9 Å². The van der Waals surface area contributed by atoms with Crippen LogP contribution in [0.4, 0.5) is 0 Å². The summed E-state index contributed by atoms with van der Waals surface area (Å²) in [5, 5.41) is 20.6. The first-order valence-electron chi connectivity index (χ1n) is 6.21. The van der Waals surface area contributed by atoms with Crippen LogP contribution in [0.5, 0.6) is 0 Å². The van der Waals surface area contributed by atoms with Gasteiger partial charge in [0.05, 0.1) is 23.8 Å². The maximum Gasteiger partial charge on any atom is 0.306 e. The van der Waals surface area contributed by atoms with E-state index in [9.17, 15) is 23.1 Å². The lowest BCUT2D eigenvalue weighted by Gasteiger charge is -2.22. The molecule has 0 aliphatic rings. The van der Waals surface area contributed by atoms with E-state index in [0.29, 0.717) is 6.42 Å². The Hall–Kier alpha value is -1.19. The zero-order valence-electron chi connectivity index (χ0n) is 11.8. The summed E-state index contributed by atoms with van der Waals surface area (Å²) in [6, 6.07) is -0.993. The van der Waals surface area contributed by atoms with Gasteiger partial charge in [0.2, 0.25) is 15.9 Å². The van der Waals surface area contributed by atoms with Crippen LogP contribution in [0, 0.1) is 0 Å². The molecule has 0 aromatic heterocycles. The second kappa shape index (κ2) is 7.55. The van der Waals surface area contributed by atoms with Gasteiger partial charge in [0, 0.05) is 6.54 Å². The van der Waals surface area contributed by atoms with Crippen molar-refractivity contribution in [2.75, 3.05) is 12.3 Å². The number of aliphatic hydroxyl groups is 1. The Morgan fingerprint density at radius 1 is 1.35 bits per heavy atom. The van der Waals surface area contributed by atoms with Gasteiger partial charge in [0.15, 0.2) is 0 Å². The van der Waals surface area contributed by atoms with Gasteiger partial charge < -0.3 is 15.5 Å². The van der Waals surface area contributed by atoms with Crippen molar-refractivity contribution in [2.24, 2.45) is 0 Å². The van der Waals surface area contributed by atoms with Gasteiger partial charge in [-0.15, -0.1) is 0 Å². The minimum absolute atomic E-state index is 0.0820. The molecular weight excluding hydrogens is 288 g/mol. The van der Waals surface area contributed by atoms with Crippen LogP contribution in [0.1, 0.15) is 33.6 Å². The van der Waals surface area contributed by atoms with Crippen LogP contribution < -0.4 is 10.0 Å². The normalized spacial score (nSPS) is 16.2. The molecule has 0 spiro atoms. The largest absolute Gasteiger partial charge is 0.481 e. The predicted octanol–water partition coefficient (Wildman–Crippen LogP) is -0.954. The lowest BCUT2D eigenvalue weighted by Crippen LogP contribution is -2.49. The van der Waals surface area contributed by atoms with E-state index in [1.54, 1.807) is 6.92 Å². The molecule has 1 amide bonds. The Kier molecular flexibility index (Phi) is 7.11. The SMILES string of the molecule is CCCS(=O)(=O)NC(C)C(=O)NCC(C)(O)CC(=O)O. The average Bonchev–Trinajstić information content (AvgIpc) is 2.23. The van der Waals surface area contributed by atoms with Gasteiger partial charge in [0.25, 0.3) is 0 Å². The van der Waals surface area contributed by atoms with Gasteiger partial charge in [-0.25, -0.2) is 13.1 Å². The predicted molar refractivity (Wildman–Crippen MR) is 72.6 cm³/mol. The number of sulfonamides is 1. The van der Waals surface area contributed by atoms with Crippen molar-refractivity contribution in [3.8, 4) is 0 Å². The summed E-state index contributed by atoms with van der Waals surface area (Å²) in [6.07, 6.45) is -0.0970. The molecule has 20 heavy (non-hydrogen) atoms. The third kappa shape index (κ3) is 8.08. The number of carboxylic acid groups (broad SMARTS) is 1. The molecule has 0 bridgehead atoms. The van der Waals surface area contributed by atoms with Crippen LogP contribution in [-0.4, -0.2) is 54.4 Å². The molecule has 9 heteroatoms. The first-order chi connectivity index (χ1) is 8.99. The second-order valence-electron chi connectivity index (χ2n) is 4.94. The molecule has 8 nitrogen and oxygen atoms in total. The average molecular weight is 310 g/mol. The molecule has 0 aromatic rings. The molecule has 118 valence electrons. The molecule has 0 aliphatic carbocycles. The van der Waals surface area contributed by atoms with Gasteiger partial charge in [-0.05, 0) is 20.3 Å². The molecule has 0 fully saturated rings. The minimum atomic E-state index is -3.52. The third-order valence-corrected chi connectivity index (χ3v) is 4.06. The summed E-state index contributed by atoms with van der Waals surface area (Å²) in [4.78, 5) is 22.1. The fraction of sp³-hybridized carbons (Fsp3) is 0.818. The Balaban J connectivity index is 4.38. The van der Waals surface area contributed by atoms with E-state index in [2.05, 4.69) is 10.0 Å². The van der Waals surface area contributed by atoms with Crippen LogP contribution in [-0.2, 0) is 19.6 Å². The summed E-state index contributed by atoms with van der Waals surface area (Å²) in [5.74, 6) is -1.90. The lowest BCUT2D eigenvalue weighted by atomic mass is 10.0. The summed E-state index contributed by atoms with van der Waals surface area (Å²) in [6.45, 7) is 4.06. The minimum Gasteiger partial charge on any atom is -0.481 e. The lowest BCUT2D eigenvalue weighted by molar-refractivity contribution is -0.142. The molecule has 0 heterocycles. The summed E-state index contributed by atoms with van der Waals surface area (Å²) < 4.78 is 25.1. The fourth-order valence-corrected chi connectivity index (χ4v) is 2.77. The standard InChI is InChI=1S/C11H22N2O6S/c1-4-5-20(18,19)13-8(2)10(16)12-7-11(3,17)6-9(14)15/h8,13,17H,4-7H2,1-3H3,(H,12,16)(H,14,15). The summed E-state index contributed by atoms with van der Waals surface area (Å²) >= 11 is 0. The molecule has 4 N–H and O–H groups in total. The van der Waals surface area contributed by atoms with Crippen molar-refractivity contribution in [2.45, 2.75) is 45.3 Å². The molecule has 0 rings (SSSR count). The Labute approximate surface area is 118 Å². The molecular formula is C11H22N2O6S. The summed E-state index contributed by atoms with van der Waals surface area (Å²) in [5.41, 5.74) is -1.59. The Morgan fingerprint density at radius 3 is 2.35 bits per heavy atom. The molecule has 0 aliphatic heterocycles. The van der Waals surface area contributed by atoms with Gasteiger partial charge in [-0.2, -0.15) is 0 Å². The number of nitrogens with one attached hydrogen (secondary N) is 2. The first-order valence-corrected chi connectivity index (χ1v) is 7.86. The number of amides is 1. The van der Waals surface area contributed by atoms with Crippen molar-refractivity contribution in [1.82, 2.24) is 10.0 Å². The number of carboxylic acids is 1. The zero-order valence-corrected chi connectivity index (χ0v) is 12.7. The highest BCUT2D eigenvalue weighted by Crippen LogP contribution is 2.07. The van der Waals surface area contributed by atoms with E-state index in [4.69, 9.17) is 5.11 Å². The number of carbonyl (C=O) groups is 2. The highest BCUT2D eigenvalue weighted by Gasteiger charge is 2.26. The van der Waals surface area contributed by atoms with Crippen LogP contribution in [0.25, 0.3) is 0 Å². The quantitative estimate of drug-likeness (QED) is 0.434. The van der Waals surface area contributed by atoms with Crippen LogP contribution in [0.3, 0.4) is 0 Å². The third-order valence-electron chi connectivity index (χ3n) is 2.40. The van der Waals surface area contributed by atoms with Crippen LogP contribution >= 0.6 is 0 Å². The van der Waals surface area contributed by atoms with Crippen molar-refractivity contribution in [3.63, 3.8) is 0 Å². The zero-order chi connectivity index (χ0) is 16.0. The second-order valence-corrected chi connectivity index (χ2v) is 6.82. The highest BCUT2D eigenvalue weighted by atomic mass is 32.2. The van der Waals surface area contributed by atoms with Gasteiger partial charge >= 0.3 is 5.97 Å². The highest BCUT2D eigenvalue weighted by molar-refractivity contribution is 7.89. The van der Waals surface area contributed by atoms with E-state index in [1.807, 2.05) is 0 Å². The van der Waals surface area contributed by atoms with Gasteiger partial charge in [-0.3, -0.25) is 9.59 Å². The number of carbonyl (C=O) groups excluding carboxylic acids is 1. The molecule has 2 unspecified atom stereocenters. The maximum absolute atomic E-state index is 11.7. The van der Waals surface area contributed by atoms with Crippen molar-refractivity contribution in [3.05, 3.63) is 0 Å². The number of rotatable bonds is 9. The number of hydrogen-bond acceptors (Lipinski definition) is 5. The van der Waals surface area contributed by atoms with E-state index >= 15 is 0 Å². The van der Waals surface area contributed by atoms with Crippen LogP contribution in [0.2, 0.25) is 0 Å². The Morgan fingerprint density at radius 2 is 1.90 bits per heavy atom. The molecule has 0 radical (unpaired) electrons. The van der Waals surface area contributed by atoms with Gasteiger partial charge in [-0.1, -0.05) is 6.92 Å². The molecule has 2 atom stereocenters. The van der Waals surface area contributed by atoms with E-state index in [1.165, 1.54) is 13.8 Å².